The molecule has 1 N–H and O–H groups in total. The Kier molecular flexibility index (Phi) is 3.96. The normalized spacial score (nSPS) is 10.3. The summed E-state index contributed by atoms with van der Waals surface area (Å²) < 4.78 is 6.83. The first-order chi connectivity index (χ1) is 8.19. The van der Waals surface area contributed by atoms with Gasteiger partial charge in [0.2, 0.25) is 5.88 Å². The van der Waals surface area contributed by atoms with Crippen LogP contribution in [0.4, 0.5) is 0 Å². The van der Waals surface area contributed by atoms with Gasteiger partial charge in [-0.1, -0.05) is 0 Å². The van der Waals surface area contributed by atoms with Gasteiger partial charge in [-0.2, -0.15) is 0 Å². The van der Waals surface area contributed by atoms with Crippen LogP contribution in [0.2, 0.25) is 0 Å². The molecule has 0 amide bonds. The molecular formula is C13H12INO2. The maximum Gasteiger partial charge on any atom is 0.222 e. The maximum absolute atomic E-state index is 8.99. The molecule has 0 fully saturated rings. The molecule has 1 aromatic carbocycles. The smallest absolute Gasteiger partial charge is 0.222 e. The molecule has 1 aromatic heterocycles. The summed E-state index contributed by atoms with van der Waals surface area (Å²) in [5.74, 6) is 1.33. The number of aliphatic hydroxyl groups excluding tert-OH is 1. The number of nitrogens with zero attached hydrogens (tertiary/aromatic N) is 1. The molecule has 3 nitrogen and oxygen atoms in total. The Labute approximate surface area is 114 Å². The van der Waals surface area contributed by atoms with Crippen molar-refractivity contribution in [3.8, 4) is 11.6 Å². The Morgan fingerprint density at radius 2 is 2.00 bits per heavy atom. The van der Waals surface area contributed by atoms with E-state index in [-0.39, 0.29) is 6.61 Å². The van der Waals surface area contributed by atoms with Gasteiger partial charge in [0.1, 0.15) is 5.75 Å². The van der Waals surface area contributed by atoms with Crippen molar-refractivity contribution in [3.63, 3.8) is 0 Å². The molecule has 0 aliphatic carbocycles. The van der Waals surface area contributed by atoms with Gasteiger partial charge in [0, 0.05) is 15.3 Å². The molecule has 0 saturated carbocycles. The molecule has 1 heterocycles. The van der Waals surface area contributed by atoms with E-state index in [1.165, 1.54) is 0 Å². The highest BCUT2D eigenvalue weighted by molar-refractivity contribution is 14.1. The van der Waals surface area contributed by atoms with Crippen LogP contribution in [0.1, 0.15) is 11.1 Å². The van der Waals surface area contributed by atoms with Crippen LogP contribution in [0.5, 0.6) is 11.6 Å². The van der Waals surface area contributed by atoms with Gasteiger partial charge < -0.3 is 9.84 Å². The van der Waals surface area contributed by atoms with E-state index < -0.39 is 0 Å². The van der Waals surface area contributed by atoms with Crippen LogP contribution in [-0.2, 0) is 6.61 Å². The topological polar surface area (TPSA) is 42.4 Å². The molecule has 4 heteroatoms. The highest BCUT2D eigenvalue weighted by Crippen LogP contribution is 2.23. The Morgan fingerprint density at radius 3 is 2.59 bits per heavy atom. The Hall–Kier alpha value is -1.14. The number of hydrogen-bond acceptors (Lipinski definition) is 3. The van der Waals surface area contributed by atoms with Crippen LogP contribution in [-0.4, -0.2) is 10.1 Å². The molecule has 0 radical (unpaired) electrons. The first-order valence-electron chi connectivity index (χ1n) is 5.19. The van der Waals surface area contributed by atoms with E-state index in [0.29, 0.717) is 5.88 Å². The van der Waals surface area contributed by atoms with Crippen LogP contribution in [0, 0.1) is 10.5 Å². The van der Waals surface area contributed by atoms with Crippen LogP contribution in [0.25, 0.3) is 0 Å². The average Bonchev–Trinajstić information content (AvgIpc) is 2.34. The molecule has 0 atom stereocenters. The zero-order valence-electron chi connectivity index (χ0n) is 9.35. The van der Waals surface area contributed by atoms with E-state index in [2.05, 4.69) is 27.6 Å². The van der Waals surface area contributed by atoms with Gasteiger partial charge in [-0.3, -0.25) is 0 Å². The predicted octanol–water partition coefficient (Wildman–Crippen LogP) is 3.28. The van der Waals surface area contributed by atoms with E-state index in [1.807, 2.05) is 37.3 Å². The van der Waals surface area contributed by atoms with E-state index in [0.717, 1.165) is 20.4 Å². The zero-order valence-corrected chi connectivity index (χ0v) is 11.5. The van der Waals surface area contributed by atoms with Gasteiger partial charge in [-0.05, 0) is 65.4 Å². The van der Waals surface area contributed by atoms with Crippen molar-refractivity contribution in [2.45, 2.75) is 13.5 Å². The lowest BCUT2D eigenvalue weighted by atomic mass is 10.2. The summed E-state index contributed by atoms with van der Waals surface area (Å²) >= 11 is 2.24. The lowest BCUT2D eigenvalue weighted by Gasteiger charge is -2.08. The third kappa shape index (κ3) is 3.17. The number of aryl methyl sites for hydroxylation is 1. The summed E-state index contributed by atoms with van der Waals surface area (Å²) in [4.78, 5) is 4.18. The van der Waals surface area contributed by atoms with Crippen LogP contribution < -0.4 is 4.74 Å². The molecule has 2 aromatic rings. The number of hydrogen-bond donors (Lipinski definition) is 1. The molecule has 0 aliphatic rings. The van der Waals surface area contributed by atoms with Gasteiger partial charge in [-0.25, -0.2) is 4.98 Å². The minimum atomic E-state index is -0.00233. The van der Waals surface area contributed by atoms with E-state index in [1.54, 1.807) is 6.20 Å². The summed E-state index contributed by atoms with van der Waals surface area (Å²) in [5, 5.41) is 8.99. The standard InChI is InChI=1S/C13H12INO2/c1-9-6-10(8-16)7-15-13(9)17-12-4-2-11(14)3-5-12/h2-7,16H,8H2,1H3. The third-order valence-electron chi connectivity index (χ3n) is 2.30. The van der Waals surface area contributed by atoms with Gasteiger partial charge in [-0.15, -0.1) is 0 Å². The first kappa shape index (κ1) is 12.3. The molecule has 0 bridgehead atoms. The second-order valence-electron chi connectivity index (χ2n) is 3.68. The van der Waals surface area contributed by atoms with E-state index in [9.17, 15) is 0 Å². The fourth-order valence-corrected chi connectivity index (χ4v) is 1.79. The fraction of sp³-hybridized carbons (Fsp3) is 0.154. The number of aliphatic hydroxyl groups is 1. The third-order valence-corrected chi connectivity index (χ3v) is 3.02. The number of ether oxygens (including phenoxy) is 1. The second kappa shape index (κ2) is 5.46. The summed E-state index contributed by atoms with van der Waals surface area (Å²) in [6.45, 7) is 1.91. The molecule has 0 unspecified atom stereocenters. The molecule has 2 rings (SSSR count). The lowest BCUT2D eigenvalue weighted by molar-refractivity contribution is 0.281. The monoisotopic (exact) mass is 341 g/mol. The molecule has 0 saturated heterocycles. The van der Waals surface area contributed by atoms with Crippen molar-refractivity contribution < 1.29 is 9.84 Å². The summed E-state index contributed by atoms with van der Waals surface area (Å²) in [6, 6.07) is 9.64. The number of aromatic nitrogens is 1. The Morgan fingerprint density at radius 1 is 1.29 bits per heavy atom. The van der Waals surface area contributed by atoms with Crippen molar-refractivity contribution in [2.75, 3.05) is 0 Å². The number of pyridine rings is 1. The Balaban J connectivity index is 2.21. The quantitative estimate of drug-likeness (QED) is 0.872. The van der Waals surface area contributed by atoms with Crippen LogP contribution in [0.3, 0.4) is 0 Å². The zero-order chi connectivity index (χ0) is 12.3. The molecular weight excluding hydrogens is 329 g/mol. The maximum atomic E-state index is 8.99. The van der Waals surface area contributed by atoms with Crippen molar-refractivity contribution in [2.24, 2.45) is 0 Å². The molecule has 88 valence electrons. The number of rotatable bonds is 3. The first-order valence-corrected chi connectivity index (χ1v) is 6.26. The molecule has 17 heavy (non-hydrogen) atoms. The van der Waals surface area contributed by atoms with Crippen molar-refractivity contribution in [1.82, 2.24) is 4.98 Å². The predicted molar refractivity (Wildman–Crippen MR) is 74.1 cm³/mol. The van der Waals surface area contributed by atoms with Crippen molar-refractivity contribution in [1.29, 1.82) is 0 Å². The summed E-state index contributed by atoms with van der Waals surface area (Å²) in [7, 11) is 0. The van der Waals surface area contributed by atoms with Gasteiger partial charge in [0.25, 0.3) is 0 Å². The number of halogens is 1. The largest absolute Gasteiger partial charge is 0.439 e. The highest BCUT2D eigenvalue weighted by atomic mass is 127. The molecule has 0 spiro atoms. The van der Waals surface area contributed by atoms with Crippen LogP contribution in [0.15, 0.2) is 36.5 Å². The summed E-state index contributed by atoms with van der Waals surface area (Å²) in [5.41, 5.74) is 1.70. The SMILES string of the molecule is Cc1cc(CO)cnc1Oc1ccc(I)cc1. The van der Waals surface area contributed by atoms with E-state index >= 15 is 0 Å². The number of benzene rings is 1. The highest BCUT2D eigenvalue weighted by Gasteiger charge is 2.04. The molecule has 0 aliphatic heterocycles. The average molecular weight is 341 g/mol. The van der Waals surface area contributed by atoms with Gasteiger partial charge >= 0.3 is 0 Å². The minimum Gasteiger partial charge on any atom is -0.439 e. The van der Waals surface area contributed by atoms with Crippen molar-refractivity contribution in [3.05, 3.63) is 51.2 Å². The van der Waals surface area contributed by atoms with Gasteiger partial charge in [0.05, 0.1) is 6.61 Å². The van der Waals surface area contributed by atoms with Crippen molar-refractivity contribution >= 4 is 22.6 Å². The fourth-order valence-electron chi connectivity index (χ4n) is 1.43. The lowest BCUT2D eigenvalue weighted by Crippen LogP contribution is -1.94. The second-order valence-corrected chi connectivity index (χ2v) is 4.93. The van der Waals surface area contributed by atoms with Crippen LogP contribution >= 0.6 is 22.6 Å². The van der Waals surface area contributed by atoms with E-state index in [4.69, 9.17) is 9.84 Å². The summed E-state index contributed by atoms with van der Waals surface area (Å²) in [6.07, 6.45) is 1.62. The Bertz CT molecular complexity index is 511. The van der Waals surface area contributed by atoms with Gasteiger partial charge in [0.15, 0.2) is 0 Å². The minimum absolute atomic E-state index is 0.00233.